The Morgan fingerprint density at radius 1 is 1.29 bits per heavy atom. The third kappa shape index (κ3) is 3.95. The van der Waals surface area contributed by atoms with Crippen LogP contribution in [0.25, 0.3) is 0 Å². The Hall–Kier alpha value is -0.120. The van der Waals surface area contributed by atoms with Gasteiger partial charge in [-0.2, -0.15) is 0 Å². The quantitative estimate of drug-likeness (QED) is 0.712. The van der Waals surface area contributed by atoms with Gasteiger partial charge < -0.3 is 10.6 Å². The van der Waals surface area contributed by atoms with Crippen LogP contribution >= 0.6 is 0 Å². The van der Waals surface area contributed by atoms with Crippen molar-refractivity contribution in [3.05, 3.63) is 0 Å². The highest BCUT2D eigenvalue weighted by Crippen LogP contribution is 2.12. The summed E-state index contributed by atoms with van der Waals surface area (Å²) in [4.78, 5) is 4.92. The number of likely N-dealkylation sites (N-methyl/N-ethyl adjacent to an activating group) is 1. The molecule has 0 aromatic carbocycles. The van der Waals surface area contributed by atoms with Crippen LogP contribution in [0.2, 0.25) is 0 Å². The second kappa shape index (κ2) is 4.60. The second-order valence-electron chi connectivity index (χ2n) is 5.40. The highest BCUT2D eigenvalue weighted by atomic mass is 15.2. The summed E-state index contributed by atoms with van der Waals surface area (Å²) >= 11 is 0. The van der Waals surface area contributed by atoms with Crippen LogP contribution in [0.1, 0.15) is 27.2 Å². The largest absolute Gasteiger partial charge is 0.324 e. The molecule has 1 fully saturated rings. The fourth-order valence-corrected chi connectivity index (χ4v) is 1.98. The Balaban J connectivity index is 2.50. The average Bonchev–Trinajstić information content (AvgIpc) is 2.17. The second-order valence-corrected chi connectivity index (χ2v) is 5.40. The standard InChI is InChI=1S/C11H25N3/c1-10-5-6-13(4)7-8-14(10)9-11(2,3)12/h10H,5-9,12H2,1-4H3. The first-order chi connectivity index (χ1) is 6.38. The van der Waals surface area contributed by atoms with Gasteiger partial charge in [0.2, 0.25) is 0 Å². The molecule has 1 unspecified atom stereocenters. The maximum Gasteiger partial charge on any atom is 0.0226 e. The zero-order valence-electron chi connectivity index (χ0n) is 10.1. The van der Waals surface area contributed by atoms with E-state index in [4.69, 9.17) is 5.73 Å². The normalized spacial score (nSPS) is 27.6. The highest BCUT2D eigenvalue weighted by molar-refractivity contribution is 4.82. The van der Waals surface area contributed by atoms with Crippen LogP contribution in [0.4, 0.5) is 0 Å². The van der Waals surface area contributed by atoms with Gasteiger partial charge in [-0.05, 0) is 40.8 Å². The van der Waals surface area contributed by atoms with E-state index in [0.717, 1.165) is 13.1 Å². The molecule has 0 bridgehead atoms. The van der Waals surface area contributed by atoms with E-state index in [2.05, 4.69) is 37.6 Å². The topological polar surface area (TPSA) is 32.5 Å². The minimum Gasteiger partial charge on any atom is -0.324 e. The average molecular weight is 199 g/mol. The molecule has 0 aromatic heterocycles. The fraction of sp³-hybridized carbons (Fsp3) is 1.00. The van der Waals surface area contributed by atoms with Crippen LogP contribution in [0.5, 0.6) is 0 Å². The summed E-state index contributed by atoms with van der Waals surface area (Å²) in [5.74, 6) is 0. The predicted molar refractivity (Wildman–Crippen MR) is 61.4 cm³/mol. The molecule has 1 rings (SSSR count). The maximum atomic E-state index is 6.06. The summed E-state index contributed by atoms with van der Waals surface area (Å²) in [6.07, 6.45) is 1.26. The zero-order valence-corrected chi connectivity index (χ0v) is 10.1. The molecule has 1 aliphatic heterocycles. The molecule has 1 heterocycles. The Labute approximate surface area is 88.2 Å². The van der Waals surface area contributed by atoms with Crippen molar-refractivity contribution in [3.8, 4) is 0 Å². The molecule has 2 N–H and O–H groups in total. The van der Waals surface area contributed by atoms with Crippen LogP contribution < -0.4 is 5.73 Å². The molecule has 0 radical (unpaired) electrons. The first-order valence-electron chi connectivity index (χ1n) is 5.60. The van der Waals surface area contributed by atoms with Gasteiger partial charge in [-0.1, -0.05) is 0 Å². The van der Waals surface area contributed by atoms with Gasteiger partial charge in [0.05, 0.1) is 0 Å². The Morgan fingerprint density at radius 2 is 1.93 bits per heavy atom. The lowest BCUT2D eigenvalue weighted by Crippen LogP contribution is -2.48. The van der Waals surface area contributed by atoms with Crippen LogP contribution in [0.3, 0.4) is 0 Å². The number of hydrogen-bond acceptors (Lipinski definition) is 3. The lowest BCUT2D eigenvalue weighted by Gasteiger charge is -2.32. The third-order valence-electron chi connectivity index (χ3n) is 2.93. The van der Waals surface area contributed by atoms with Gasteiger partial charge in [0.1, 0.15) is 0 Å². The van der Waals surface area contributed by atoms with Crippen molar-refractivity contribution in [2.45, 2.75) is 38.8 Å². The molecular formula is C11H25N3. The minimum absolute atomic E-state index is 0.0723. The van der Waals surface area contributed by atoms with Crippen molar-refractivity contribution in [3.63, 3.8) is 0 Å². The molecule has 0 saturated carbocycles. The molecule has 3 nitrogen and oxygen atoms in total. The monoisotopic (exact) mass is 199 g/mol. The van der Waals surface area contributed by atoms with Crippen molar-refractivity contribution in [2.24, 2.45) is 5.73 Å². The summed E-state index contributed by atoms with van der Waals surface area (Å²) < 4.78 is 0. The van der Waals surface area contributed by atoms with Crippen LogP contribution in [0.15, 0.2) is 0 Å². The Bertz CT molecular complexity index is 174. The van der Waals surface area contributed by atoms with E-state index in [9.17, 15) is 0 Å². The lowest BCUT2D eigenvalue weighted by atomic mass is 10.1. The van der Waals surface area contributed by atoms with Crippen molar-refractivity contribution >= 4 is 0 Å². The minimum atomic E-state index is -0.0723. The van der Waals surface area contributed by atoms with Crippen LogP contribution in [-0.2, 0) is 0 Å². The molecule has 3 heteroatoms. The number of rotatable bonds is 2. The van der Waals surface area contributed by atoms with E-state index >= 15 is 0 Å². The smallest absolute Gasteiger partial charge is 0.0226 e. The lowest BCUT2D eigenvalue weighted by molar-refractivity contribution is 0.180. The summed E-state index contributed by atoms with van der Waals surface area (Å²) in [6.45, 7) is 11.1. The van der Waals surface area contributed by atoms with Gasteiger partial charge in [-0.25, -0.2) is 0 Å². The van der Waals surface area contributed by atoms with Gasteiger partial charge in [0.15, 0.2) is 0 Å². The summed E-state index contributed by atoms with van der Waals surface area (Å²) in [7, 11) is 2.20. The van der Waals surface area contributed by atoms with Crippen LogP contribution in [0, 0.1) is 0 Å². The summed E-state index contributed by atoms with van der Waals surface area (Å²) in [6, 6.07) is 0.669. The van der Waals surface area contributed by atoms with Crippen molar-refractivity contribution in [2.75, 3.05) is 33.2 Å². The van der Waals surface area contributed by atoms with Gasteiger partial charge in [0, 0.05) is 31.2 Å². The Morgan fingerprint density at radius 3 is 2.50 bits per heavy atom. The van der Waals surface area contributed by atoms with Gasteiger partial charge in [-0.15, -0.1) is 0 Å². The first kappa shape index (κ1) is 12.0. The Kier molecular flexibility index (Phi) is 3.93. The molecular weight excluding hydrogens is 174 g/mol. The highest BCUT2D eigenvalue weighted by Gasteiger charge is 2.23. The van der Waals surface area contributed by atoms with Gasteiger partial charge in [-0.3, -0.25) is 4.90 Å². The first-order valence-corrected chi connectivity index (χ1v) is 5.60. The van der Waals surface area contributed by atoms with E-state index in [-0.39, 0.29) is 5.54 Å². The maximum absolute atomic E-state index is 6.06. The third-order valence-corrected chi connectivity index (χ3v) is 2.93. The predicted octanol–water partition coefficient (Wildman–Crippen LogP) is 0.750. The summed E-state index contributed by atoms with van der Waals surface area (Å²) in [5, 5.41) is 0. The van der Waals surface area contributed by atoms with E-state index < -0.39 is 0 Å². The molecule has 0 aromatic rings. The van der Waals surface area contributed by atoms with Gasteiger partial charge in [0.25, 0.3) is 0 Å². The molecule has 0 aliphatic carbocycles. The van der Waals surface area contributed by atoms with E-state index in [1.807, 2.05) is 0 Å². The number of nitrogens with zero attached hydrogens (tertiary/aromatic N) is 2. The van der Waals surface area contributed by atoms with Crippen LogP contribution in [-0.4, -0.2) is 54.6 Å². The SMILES string of the molecule is CC1CCN(C)CCN1CC(C)(C)N. The molecule has 0 amide bonds. The molecule has 1 aliphatic rings. The van der Waals surface area contributed by atoms with Crippen molar-refractivity contribution < 1.29 is 0 Å². The van der Waals surface area contributed by atoms with E-state index in [1.54, 1.807) is 0 Å². The number of hydrogen-bond donors (Lipinski definition) is 1. The van der Waals surface area contributed by atoms with E-state index in [1.165, 1.54) is 19.5 Å². The fourth-order valence-electron chi connectivity index (χ4n) is 1.98. The summed E-state index contributed by atoms with van der Waals surface area (Å²) in [5.41, 5.74) is 5.99. The molecule has 14 heavy (non-hydrogen) atoms. The van der Waals surface area contributed by atoms with Crippen molar-refractivity contribution in [1.82, 2.24) is 9.80 Å². The van der Waals surface area contributed by atoms with Gasteiger partial charge >= 0.3 is 0 Å². The van der Waals surface area contributed by atoms with Crippen molar-refractivity contribution in [1.29, 1.82) is 0 Å². The molecule has 1 saturated heterocycles. The molecule has 0 spiro atoms. The number of nitrogens with two attached hydrogens (primary N) is 1. The molecule has 1 atom stereocenters. The zero-order chi connectivity index (χ0) is 10.8. The molecule has 84 valence electrons. The van der Waals surface area contributed by atoms with E-state index in [0.29, 0.717) is 6.04 Å².